The van der Waals surface area contributed by atoms with Crippen molar-refractivity contribution in [3.8, 4) is 5.75 Å². The predicted octanol–water partition coefficient (Wildman–Crippen LogP) is 4.83. The molecule has 0 saturated carbocycles. The second-order valence-corrected chi connectivity index (χ2v) is 5.90. The van der Waals surface area contributed by atoms with Crippen molar-refractivity contribution in [3.05, 3.63) is 75.7 Å². The number of rotatable bonds is 5. The van der Waals surface area contributed by atoms with Crippen molar-refractivity contribution in [1.82, 2.24) is 4.57 Å². The van der Waals surface area contributed by atoms with E-state index in [9.17, 15) is 0 Å². The molecular weight excluding hydrogens is 290 g/mol. The molecule has 0 radical (unpaired) electrons. The topological polar surface area (TPSA) is 14.2 Å². The van der Waals surface area contributed by atoms with E-state index in [0.29, 0.717) is 6.61 Å². The lowest BCUT2D eigenvalue weighted by Crippen LogP contribution is -2.00. The van der Waals surface area contributed by atoms with Crippen LogP contribution in [0.15, 0.2) is 60.2 Å². The molecule has 2 nitrogen and oxygen atoms in total. The van der Waals surface area contributed by atoms with Crippen LogP contribution in [0.2, 0.25) is 5.02 Å². The van der Waals surface area contributed by atoms with E-state index in [0.717, 1.165) is 17.3 Å². The van der Waals surface area contributed by atoms with Crippen LogP contribution in [0.5, 0.6) is 5.75 Å². The molecule has 2 aromatic heterocycles. The Labute approximate surface area is 127 Å². The monoisotopic (exact) mass is 303 g/mol. The van der Waals surface area contributed by atoms with Gasteiger partial charge in [-0.15, -0.1) is 11.3 Å². The molecule has 0 atom stereocenters. The minimum Gasteiger partial charge on any atom is -0.489 e. The van der Waals surface area contributed by atoms with E-state index in [1.54, 1.807) is 11.3 Å². The highest BCUT2D eigenvalue weighted by Gasteiger charge is 2.06. The van der Waals surface area contributed by atoms with Gasteiger partial charge in [0.1, 0.15) is 12.4 Å². The summed E-state index contributed by atoms with van der Waals surface area (Å²) in [7, 11) is 0. The second-order valence-electron chi connectivity index (χ2n) is 4.47. The number of aromatic nitrogens is 1. The van der Waals surface area contributed by atoms with Crippen LogP contribution in [0.3, 0.4) is 0 Å². The molecule has 0 aliphatic rings. The summed E-state index contributed by atoms with van der Waals surface area (Å²) in [5.74, 6) is 0.840. The SMILES string of the molecule is Clc1ccc(OCc2ccsc2Cn2cccc2)cc1. The van der Waals surface area contributed by atoms with E-state index in [4.69, 9.17) is 16.3 Å². The van der Waals surface area contributed by atoms with E-state index in [1.807, 2.05) is 36.4 Å². The zero-order valence-electron chi connectivity index (χ0n) is 10.8. The van der Waals surface area contributed by atoms with Crippen LogP contribution in [-0.4, -0.2) is 4.57 Å². The molecule has 102 valence electrons. The first-order valence-electron chi connectivity index (χ1n) is 6.35. The van der Waals surface area contributed by atoms with Gasteiger partial charge >= 0.3 is 0 Å². The molecule has 2 heterocycles. The molecule has 3 aromatic rings. The molecular formula is C16H14ClNOS. The van der Waals surface area contributed by atoms with Crippen molar-refractivity contribution >= 4 is 22.9 Å². The van der Waals surface area contributed by atoms with Gasteiger partial charge < -0.3 is 9.30 Å². The highest BCUT2D eigenvalue weighted by atomic mass is 35.5. The Morgan fingerprint density at radius 2 is 1.80 bits per heavy atom. The van der Waals surface area contributed by atoms with Gasteiger partial charge in [0.05, 0.1) is 6.54 Å². The summed E-state index contributed by atoms with van der Waals surface area (Å²) in [6.07, 6.45) is 4.15. The van der Waals surface area contributed by atoms with Crippen molar-refractivity contribution < 1.29 is 4.74 Å². The normalized spacial score (nSPS) is 10.7. The lowest BCUT2D eigenvalue weighted by molar-refractivity contribution is 0.305. The van der Waals surface area contributed by atoms with Gasteiger partial charge in [0.2, 0.25) is 0 Å². The summed E-state index contributed by atoms with van der Waals surface area (Å²) < 4.78 is 7.97. The molecule has 20 heavy (non-hydrogen) atoms. The molecule has 1 aromatic carbocycles. The molecule has 0 saturated heterocycles. The Morgan fingerprint density at radius 1 is 1.05 bits per heavy atom. The van der Waals surface area contributed by atoms with Gasteiger partial charge in [-0.25, -0.2) is 0 Å². The summed E-state index contributed by atoms with van der Waals surface area (Å²) in [5.41, 5.74) is 1.23. The van der Waals surface area contributed by atoms with E-state index in [-0.39, 0.29) is 0 Å². The number of hydrogen-bond acceptors (Lipinski definition) is 2. The molecule has 3 rings (SSSR count). The molecule has 0 fully saturated rings. The van der Waals surface area contributed by atoms with Gasteiger partial charge in [0.25, 0.3) is 0 Å². The van der Waals surface area contributed by atoms with Crippen LogP contribution < -0.4 is 4.74 Å². The maximum atomic E-state index is 5.86. The molecule has 0 amide bonds. The van der Waals surface area contributed by atoms with Gasteiger partial charge in [-0.1, -0.05) is 11.6 Å². The van der Waals surface area contributed by atoms with Crippen LogP contribution in [0, 0.1) is 0 Å². The molecule has 4 heteroatoms. The fourth-order valence-electron chi connectivity index (χ4n) is 1.97. The zero-order valence-corrected chi connectivity index (χ0v) is 12.4. The first-order chi connectivity index (χ1) is 9.81. The van der Waals surface area contributed by atoms with Crippen molar-refractivity contribution in [2.24, 2.45) is 0 Å². The van der Waals surface area contributed by atoms with Gasteiger partial charge in [-0.2, -0.15) is 0 Å². The lowest BCUT2D eigenvalue weighted by Gasteiger charge is -2.08. The number of halogens is 1. The zero-order chi connectivity index (χ0) is 13.8. The van der Waals surface area contributed by atoms with E-state index >= 15 is 0 Å². The molecule has 0 aliphatic heterocycles. The summed E-state index contributed by atoms with van der Waals surface area (Å²) in [6.45, 7) is 1.48. The Kier molecular flexibility index (Phi) is 4.09. The average molecular weight is 304 g/mol. The van der Waals surface area contributed by atoms with Gasteiger partial charge in [-0.3, -0.25) is 0 Å². The third-order valence-electron chi connectivity index (χ3n) is 3.04. The third-order valence-corrected chi connectivity index (χ3v) is 4.24. The van der Waals surface area contributed by atoms with Crippen molar-refractivity contribution in [1.29, 1.82) is 0 Å². The van der Waals surface area contributed by atoms with Crippen LogP contribution in [0.25, 0.3) is 0 Å². The van der Waals surface area contributed by atoms with Crippen LogP contribution in [0.1, 0.15) is 10.4 Å². The highest BCUT2D eigenvalue weighted by molar-refractivity contribution is 7.10. The summed E-state index contributed by atoms with van der Waals surface area (Å²) in [6, 6.07) is 13.7. The van der Waals surface area contributed by atoms with Crippen LogP contribution in [0.4, 0.5) is 0 Å². The highest BCUT2D eigenvalue weighted by Crippen LogP contribution is 2.22. The molecule has 0 spiro atoms. The minimum atomic E-state index is 0.585. The molecule has 0 aliphatic carbocycles. The average Bonchev–Trinajstić information content (AvgIpc) is 3.11. The minimum absolute atomic E-state index is 0.585. The lowest BCUT2D eigenvalue weighted by atomic mass is 10.2. The first-order valence-corrected chi connectivity index (χ1v) is 7.61. The summed E-state index contributed by atoms with van der Waals surface area (Å²) in [5, 5.41) is 2.83. The van der Waals surface area contributed by atoms with Crippen molar-refractivity contribution in [2.75, 3.05) is 0 Å². The predicted molar refractivity (Wildman–Crippen MR) is 83.6 cm³/mol. The molecule has 0 N–H and O–H groups in total. The number of benzene rings is 1. The van der Waals surface area contributed by atoms with Crippen LogP contribution >= 0.6 is 22.9 Å². The van der Waals surface area contributed by atoms with E-state index < -0.39 is 0 Å². The van der Waals surface area contributed by atoms with Gasteiger partial charge in [0, 0.05) is 27.9 Å². The van der Waals surface area contributed by atoms with E-state index in [2.05, 4.69) is 28.4 Å². The fourth-order valence-corrected chi connectivity index (χ4v) is 2.99. The molecule has 0 unspecified atom stereocenters. The molecule has 0 bridgehead atoms. The number of ether oxygens (including phenoxy) is 1. The quantitative estimate of drug-likeness (QED) is 0.658. The number of nitrogens with zero attached hydrogens (tertiary/aromatic N) is 1. The standard InChI is InChI=1S/C16H14ClNOS/c17-14-3-5-15(6-4-14)19-12-13-7-10-20-16(13)11-18-8-1-2-9-18/h1-10H,11-12H2. The smallest absolute Gasteiger partial charge is 0.119 e. The number of thiophene rings is 1. The third kappa shape index (κ3) is 3.24. The summed E-state index contributed by atoms with van der Waals surface area (Å²) >= 11 is 7.62. The van der Waals surface area contributed by atoms with Crippen LogP contribution in [-0.2, 0) is 13.2 Å². The maximum Gasteiger partial charge on any atom is 0.119 e. The van der Waals surface area contributed by atoms with E-state index in [1.165, 1.54) is 10.4 Å². The van der Waals surface area contributed by atoms with Crippen molar-refractivity contribution in [2.45, 2.75) is 13.2 Å². The Balaban J connectivity index is 1.66. The maximum absolute atomic E-state index is 5.86. The first kappa shape index (κ1) is 13.3. The summed E-state index contributed by atoms with van der Waals surface area (Å²) in [4.78, 5) is 1.33. The Bertz CT molecular complexity index is 658. The van der Waals surface area contributed by atoms with Crippen molar-refractivity contribution in [3.63, 3.8) is 0 Å². The van der Waals surface area contributed by atoms with Gasteiger partial charge in [-0.05, 0) is 47.8 Å². The number of hydrogen-bond donors (Lipinski definition) is 0. The largest absolute Gasteiger partial charge is 0.489 e. The Morgan fingerprint density at radius 3 is 2.55 bits per heavy atom. The fraction of sp³-hybridized carbons (Fsp3) is 0.125. The Hall–Kier alpha value is -1.71. The van der Waals surface area contributed by atoms with Gasteiger partial charge in [0.15, 0.2) is 0 Å². The second kappa shape index (κ2) is 6.16.